The van der Waals surface area contributed by atoms with Crippen molar-refractivity contribution in [3.63, 3.8) is 0 Å². The zero-order valence-corrected chi connectivity index (χ0v) is 19.8. The maximum absolute atomic E-state index is 13.5. The van der Waals surface area contributed by atoms with E-state index in [1.165, 1.54) is 30.2 Å². The van der Waals surface area contributed by atoms with Gasteiger partial charge in [-0.3, -0.25) is 4.98 Å². The van der Waals surface area contributed by atoms with Crippen molar-refractivity contribution in [3.8, 4) is 22.5 Å². The van der Waals surface area contributed by atoms with Crippen LogP contribution >= 0.6 is 11.8 Å². The van der Waals surface area contributed by atoms with Crippen molar-refractivity contribution < 1.29 is 12.8 Å². The van der Waals surface area contributed by atoms with E-state index in [0.717, 1.165) is 33.4 Å². The second-order valence-corrected chi connectivity index (χ2v) is 10.8. The largest absolute Gasteiger partial charge is 0.332 e. The Bertz CT molecular complexity index is 1580. The molecule has 0 atom stereocenters. The molecule has 0 fully saturated rings. The number of hydrogen-bond acceptors (Lipinski definition) is 5. The van der Waals surface area contributed by atoms with Gasteiger partial charge in [0, 0.05) is 28.5 Å². The summed E-state index contributed by atoms with van der Waals surface area (Å²) in [5.74, 6) is 0.299. The van der Waals surface area contributed by atoms with Crippen LogP contribution in [0.2, 0.25) is 0 Å². The smallest absolute Gasteiger partial charge is 0.175 e. The number of benzene rings is 3. The number of thioether (sulfide) groups is 1. The molecular formula is C26H20FN3O2S2. The molecule has 0 saturated heterocycles. The number of rotatable bonds is 6. The summed E-state index contributed by atoms with van der Waals surface area (Å²) in [7, 11) is -3.30. The molecule has 0 saturated carbocycles. The Morgan fingerprint density at radius 1 is 0.853 bits per heavy atom. The van der Waals surface area contributed by atoms with Gasteiger partial charge in [-0.15, -0.1) is 0 Å². The summed E-state index contributed by atoms with van der Waals surface area (Å²) in [4.78, 5) is 13.1. The Balaban J connectivity index is 1.48. The molecule has 1 N–H and O–H groups in total. The van der Waals surface area contributed by atoms with Crippen LogP contribution in [0.25, 0.3) is 33.4 Å². The van der Waals surface area contributed by atoms with Crippen LogP contribution in [0.15, 0.2) is 95.0 Å². The molecule has 5 rings (SSSR count). The predicted molar refractivity (Wildman–Crippen MR) is 134 cm³/mol. The number of nitrogens with zero attached hydrogens (tertiary/aromatic N) is 2. The predicted octanol–water partition coefficient (Wildman–Crippen LogP) is 6.13. The third-order valence-corrected chi connectivity index (χ3v) is 7.42. The maximum Gasteiger partial charge on any atom is 0.175 e. The van der Waals surface area contributed by atoms with Gasteiger partial charge in [0.1, 0.15) is 5.82 Å². The van der Waals surface area contributed by atoms with Crippen LogP contribution in [-0.2, 0) is 15.6 Å². The van der Waals surface area contributed by atoms with Crippen molar-refractivity contribution >= 4 is 32.5 Å². The van der Waals surface area contributed by atoms with E-state index in [0.29, 0.717) is 16.6 Å². The van der Waals surface area contributed by atoms with E-state index in [-0.39, 0.29) is 10.7 Å². The lowest BCUT2D eigenvalue weighted by Gasteiger charge is -2.04. The van der Waals surface area contributed by atoms with Crippen LogP contribution in [0.4, 0.5) is 4.39 Å². The molecule has 5 aromatic rings. The molecule has 3 aromatic carbocycles. The first-order valence-electron chi connectivity index (χ1n) is 10.5. The first-order valence-corrected chi connectivity index (χ1v) is 13.4. The average molecular weight is 490 g/mol. The molecule has 5 nitrogen and oxygen atoms in total. The fourth-order valence-electron chi connectivity index (χ4n) is 3.65. The zero-order valence-electron chi connectivity index (χ0n) is 18.2. The quantitative estimate of drug-likeness (QED) is 0.291. The number of hydrogen-bond donors (Lipinski definition) is 1. The molecule has 0 aliphatic heterocycles. The summed E-state index contributed by atoms with van der Waals surface area (Å²) >= 11 is 1.52. The number of H-pyrrole nitrogens is 1. The minimum absolute atomic E-state index is 0.243. The van der Waals surface area contributed by atoms with Crippen molar-refractivity contribution in [1.82, 2.24) is 15.0 Å². The molecule has 0 bridgehead atoms. The highest BCUT2D eigenvalue weighted by Crippen LogP contribution is 2.34. The summed E-state index contributed by atoms with van der Waals surface area (Å²) in [6.45, 7) is 0. The first-order chi connectivity index (χ1) is 16.4. The Labute approximate surface area is 201 Å². The minimum Gasteiger partial charge on any atom is -0.332 e. The Kier molecular flexibility index (Phi) is 5.93. The minimum atomic E-state index is -3.30. The third kappa shape index (κ3) is 4.73. The van der Waals surface area contributed by atoms with Crippen molar-refractivity contribution in [2.75, 3.05) is 6.26 Å². The van der Waals surface area contributed by atoms with E-state index in [4.69, 9.17) is 9.97 Å². The van der Waals surface area contributed by atoms with Crippen LogP contribution in [0.5, 0.6) is 0 Å². The molecule has 0 amide bonds. The van der Waals surface area contributed by atoms with Gasteiger partial charge in [0.15, 0.2) is 15.0 Å². The number of halogens is 1. The average Bonchev–Trinajstić information content (AvgIpc) is 3.27. The molecule has 0 unspecified atom stereocenters. The standard InChI is InChI=1S/C26H20FN3O2S2/c1-34(31,32)22-14-9-19(10-15-22)25-24(18-6-11-20(27)12-7-18)29-26(30-25)33-16-21-13-8-17-4-2-3-5-23(17)28-21/h2-15H,16H2,1H3,(H,29,30). The monoisotopic (exact) mass is 489 g/mol. The van der Waals surface area contributed by atoms with Crippen LogP contribution in [0.3, 0.4) is 0 Å². The van der Waals surface area contributed by atoms with E-state index in [2.05, 4.69) is 11.1 Å². The van der Waals surface area contributed by atoms with Crippen molar-refractivity contribution in [3.05, 3.63) is 96.4 Å². The second-order valence-electron chi connectivity index (χ2n) is 7.85. The van der Waals surface area contributed by atoms with Gasteiger partial charge < -0.3 is 4.98 Å². The maximum atomic E-state index is 13.5. The fourth-order valence-corrected chi connectivity index (χ4v) is 5.05. The number of nitrogens with one attached hydrogen (secondary N) is 1. The van der Waals surface area contributed by atoms with Gasteiger partial charge in [0.05, 0.1) is 27.5 Å². The number of fused-ring (bicyclic) bond motifs is 1. The first kappa shape index (κ1) is 22.3. The lowest BCUT2D eigenvalue weighted by molar-refractivity contribution is 0.602. The number of aromatic amines is 1. The molecule has 0 aliphatic carbocycles. The number of pyridine rings is 1. The number of sulfone groups is 1. The molecular weight excluding hydrogens is 469 g/mol. The van der Waals surface area contributed by atoms with E-state index in [9.17, 15) is 12.8 Å². The molecule has 2 aromatic heterocycles. The number of imidazole rings is 1. The molecule has 34 heavy (non-hydrogen) atoms. The van der Waals surface area contributed by atoms with Gasteiger partial charge in [-0.05, 0) is 48.5 Å². The topological polar surface area (TPSA) is 75.7 Å². The van der Waals surface area contributed by atoms with Gasteiger partial charge in [0.25, 0.3) is 0 Å². The number of aromatic nitrogens is 3. The van der Waals surface area contributed by atoms with E-state index >= 15 is 0 Å². The Morgan fingerprint density at radius 2 is 1.56 bits per heavy atom. The third-order valence-electron chi connectivity index (χ3n) is 5.38. The summed E-state index contributed by atoms with van der Waals surface area (Å²) in [6.07, 6.45) is 1.18. The van der Waals surface area contributed by atoms with E-state index < -0.39 is 9.84 Å². The van der Waals surface area contributed by atoms with E-state index in [1.54, 1.807) is 36.4 Å². The fraction of sp³-hybridized carbons (Fsp3) is 0.0769. The van der Waals surface area contributed by atoms with Gasteiger partial charge in [-0.2, -0.15) is 0 Å². The van der Waals surface area contributed by atoms with Crippen LogP contribution < -0.4 is 0 Å². The summed E-state index contributed by atoms with van der Waals surface area (Å²) in [5.41, 5.74) is 4.83. The summed E-state index contributed by atoms with van der Waals surface area (Å²) in [5, 5.41) is 1.78. The highest BCUT2D eigenvalue weighted by atomic mass is 32.2. The Morgan fingerprint density at radius 3 is 2.29 bits per heavy atom. The van der Waals surface area contributed by atoms with Crippen molar-refractivity contribution in [2.24, 2.45) is 0 Å². The molecule has 2 heterocycles. The molecule has 170 valence electrons. The van der Waals surface area contributed by atoms with Gasteiger partial charge in [0.2, 0.25) is 0 Å². The lowest BCUT2D eigenvalue weighted by atomic mass is 10.1. The van der Waals surface area contributed by atoms with Gasteiger partial charge in [-0.25, -0.2) is 17.8 Å². The summed E-state index contributed by atoms with van der Waals surface area (Å²) in [6, 6.07) is 24.8. The molecule has 0 aliphatic rings. The SMILES string of the molecule is CS(=O)(=O)c1ccc(-c2nc(SCc3ccc4ccccc4n3)[nH]c2-c2ccc(F)cc2)cc1. The van der Waals surface area contributed by atoms with Crippen LogP contribution in [-0.4, -0.2) is 29.6 Å². The zero-order chi connectivity index (χ0) is 23.7. The van der Waals surface area contributed by atoms with E-state index in [1.807, 2.05) is 30.3 Å². The molecule has 0 spiro atoms. The highest BCUT2D eigenvalue weighted by Gasteiger charge is 2.16. The van der Waals surface area contributed by atoms with Crippen LogP contribution in [0.1, 0.15) is 5.69 Å². The normalized spacial score (nSPS) is 11.7. The van der Waals surface area contributed by atoms with Gasteiger partial charge in [-0.1, -0.05) is 48.2 Å². The molecule has 8 heteroatoms. The lowest BCUT2D eigenvalue weighted by Crippen LogP contribution is -1.96. The Hall–Kier alpha value is -3.49. The van der Waals surface area contributed by atoms with Crippen LogP contribution in [0, 0.1) is 5.82 Å². The van der Waals surface area contributed by atoms with Gasteiger partial charge >= 0.3 is 0 Å². The molecule has 0 radical (unpaired) electrons. The summed E-state index contributed by atoms with van der Waals surface area (Å²) < 4.78 is 37.2. The van der Waals surface area contributed by atoms with Crippen molar-refractivity contribution in [2.45, 2.75) is 15.8 Å². The number of para-hydroxylation sites is 1. The highest BCUT2D eigenvalue weighted by molar-refractivity contribution is 7.98. The van der Waals surface area contributed by atoms with Crippen molar-refractivity contribution in [1.29, 1.82) is 0 Å². The second kappa shape index (κ2) is 9.04.